The van der Waals surface area contributed by atoms with Gasteiger partial charge in [-0.2, -0.15) is 0 Å². The summed E-state index contributed by atoms with van der Waals surface area (Å²) in [4.78, 5) is 24.8. The SMILES string of the molecule is CC(=O)N1CCN(Cc2cccc3cnc(Nc4ccc(S(N)(=O)=O)cc4)nc23)CC1. The molecule has 1 aliphatic rings. The molecule has 1 aliphatic heterocycles. The molecule has 2 heterocycles. The number of anilines is 2. The molecule has 0 atom stereocenters. The van der Waals surface area contributed by atoms with E-state index >= 15 is 0 Å². The Kier molecular flexibility index (Phi) is 5.86. The van der Waals surface area contributed by atoms with Crippen molar-refractivity contribution in [1.29, 1.82) is 0 Å². The van der Waals surface area contributed by atoms with Crippen LogP contribution in [-0.2, 0) is 21.4 Å². The number of benzene rings is 2. The zero-order chi connectivity index (χ0) is 22.0. The van der Waals surface area contributed by atoms with Gasteiger partial charge in [-0.1, -0.05) is 18.2 Å². The van der Waals surface area contributed by atoms with Crippen molar-refractivity contribution in [2.45, 2.75) is 18.4 Å². The van der Waals surface area contributed by atoms with Gasteiger partial charge in [0, 0.05) is 56.9 Å². The van der Waals surface area contributed by atoms with Crippen molar-refractivity contribution in [3.63, 3.8) is 0 Å². The lowest BCUT2D eigenvalue weighted by atomic mass is 10.1. The lowest BCUT2D eigenvalue weighted by Gasteiger charge is -2.34. The molecule has 0 aliphatic carbocycles. The lowest BCUT2D eigenvalue weighted by molar-refractivity contribution is -0.130. The Balaban J connectivity index is 1.53. The van der Waals surface area contributed by atoms with Crippen molar-refractivity contribution < 1.29 is 13.2 Å². The van der Waals surface area contributed by atoms with Crippen LogP contribution in [0.4, 0.5) is 11.6 Å². The smallest absolute Gasteiger partial charge is 0.238 e. The number of para-hydroxylation sites is 1. The highest BCUT2D eigenvalue weighted by Crippen LogP contribution is 2.22. The molecule has 3 N–H and O–H groups in total. The normalized spacial score (nSPS) is 15.2. The van der Waals surface area contributed by atoms with Crippen LogP contribution < -0.4 is 10.5 Å². The average Bonchev–Trinajstić information content (AvgIpc) is 2.74. The molecular formula is C21H24N6O3S. The third-order valence-electron chi connectivity index (χ3n) is 5.34. The lowest BCUT2D eigenvalue weighted by Crippen LogP contribution is -2.47. The minimum Gasteiger partial charge on any atom is -0.340 e. The van der Waals surface area contributed by atoms with E-state index in [9.17, 15) is 13.2 Å². The van der Waals surface area contributed by atoms with Gasteiger partial charge >= 0.3 is 0 Å². The van der Waals surface area contributed by atoms with Crippen molar-refractivity contribution in [3.8, 4) is 0 Å². The van der Waals surface area contributed by atoms with Crippen molar-refractivity contribution in [1.82, 2.24) is 19.8 Å². The van der Waals surface area contributed by atoms with Crippen LogP contribution in [0.25, 0.3) is 10.9 Å². The summed E-state index contributed by atoms with van der Waals surface area (Å²) in [7, 11) is -3.73. The van der Waals surface area contributed by atoms with Gasteiger partial charge in [-0.15, -0.1) is 0 Å². The number of aromatic nitrogens is 2. The van der Waals surface area contributed by atoms with Gasteiger partial charge in [0.05, 0.1) is 10.4 Å². The summed E-state index contributed by atoms with van der Waals surface area (Å²) in [6, 6.07) is 12.1. The second-order valence-corrected chi connectivity index (χ2v) is 9.09. The third kappa shape index (κ3) is 4.98. The monoisotopic (exact) mass is 440 g/mol. The first-order chi connectivity index (χ1) is 14.8. The number of carbonyl (C=O) groups is 1. The van der Waals surface area contributed by atoms with E-state index < -0.39 is 10.0 Å². The quantitative estimate of drug-likeness (QED) is 0.619. The summed E-state index contributed by atoms with van der Waals surface area (Å²) in [5.41, 5.74) is 2.60. The van der Waals surface area contributed by atoms with Crippen LogP contribution >= 0.6 is 0 Å². The summed E-state index contributed by atoms with van der Waals surface area (Å²) < 4.78 is 22.8. The standard InChI is InChI=1S/C21H24N6O3S/c1-15(28)27-11-9-26(10-12-27)14-17-4-2-3-16-13-23-21(25-20(16)17)24-18-5-7-19(8-6-18)31(22,29)30/h2-8,13H,9-12,14H2,1H3,(H2,22,29,30)(H,23,24,25). The minimum absolute atomic E-state index is 0.0460. The van der Waals surface area contributed by atoms with Crippen LogP contribution in [0.2, 0.25) is 0 Å². The zero-order valence-corrected chi connectivity index (χ0v) is 18.0. The van der Waals surface area contributed by atoms with E-state index in [1.807, 2.05) is 17.0 Å². The Bertz CT molecular complexity index is 1210. The highest BCUT2D eigenvalue weighted by atomic mass is 32.2. The number of nitrogens with two attached hydrogens (primary N) is 1. The van der Waals surface area contributed by atoms with Gasteiger partial charge in [-0.3, -0.25) is 9.69 Å². The molecule has 4 rings (SSSR count). The number of hydrogen-bond acceptors (Lipinski definition) is 7. The first-order valence-electron chi connectivity index (χ1n) is 9.92. The van der Waals surface area contributed by atoms with Gasteiger partial charge in [0.25, 0.3) is 0 Å². The van der Waals surface area contributed by atoms with E-state index in [-0.39, 0.29) is 10.8 Å². The molecule has 1 fully saturated rings. The highest BCUT2D eigenvalue weighted by molar-refractivity contribution is 7.89. The van der Waals surface area contributed by atoms with E-state index in [0.717, 1.165) is 49.2 Å². The minimum atomic E-state index is -3.73. The van der Waals surface area contributed by atoms with E-state index in [0.29, 0.717) is 11.6 Å². The average molecular weight is 441 g/mol. The van der Waals surface area contributed by atoms with E-state index in [2.05, 4.69) is 21.3 Å². The van der Waals surface area contributed by atoms with Gasteiger partial charge in [-0.05, 0) is 29.8 Å². The van der Waals surface area contributed by atoms with E-state index in [1.54, 1.807) is 25.3 Å². The second kappa shape index (κ2) is 8.58. The Labute approximate surface area is 180 Å². The van der Waals surface area contributed by atoms with Gasteiger partial charge in [-0.25, -0.2) is 23.5 Å². The summed E-state index contributed by atoms with van der Waals surface area (Å²) in [5.74, 6) is 0.537. The van der Waals surface area contributed by atoms with Crippen LogP contribution in [0.3, 0.4) is 0 Å². The molecule has 1 saturated heterocycles. The van der Waals surface area contributed by atoms with Crippen LogP contribution in [0.1, 0.15) is 12.5 Å². The molecule has 0 radical (unpaired) electrons. The largest absolute Gasteiger partial charge is 0.340 e. The first kappa shape index (κ1) is 21.2. The molecular weight excluding hydrogens is 416 g/mol. The number of sulfonamides is 1. The van der Waals surface area contributed by atoms with Gasteiger partial charge < -0.3 is 10.2 Å². The number of hydrogen-bond donors (Lipinski definition) is 2. The molecule has 31 heavy (non-hydrogen) atoms. The number of carbonyl (C=O) groups excluding carboxylic acids is 1. The van der Waals surface area contributed by atoms with Crippen LogP contribution in [-0.4, -0.2) is 60.3 Å². The molecule has 3 aromatic rings. The summed E-state index contributed by atoms with van der Waals surface area (Å²) in [5, 5.41) is 9.19. The predicted octanol–water partition coefficient (Wildman–Crippen LogP) is 1.68. The zero-order valence-electron chi connectivity index (χ0n) is 17.2. The molecule has 0 saturated carbocycles. The number of amides is 1. The van der Waals surface area contributed by atoms with E-state index in [1.165, 1.54) is 12.1 Å². The summed E-state index contributed by atoms with van der Waals surface area (Å²) >= 11 is 0. The number of nitrogens with one attached hydrogen (secondary N) is 1. The van der Waals surface area contributed by atoms with Gasteiger partial charge in [0.15, 0.2) is 0 Å². The Hall–Kier alpha value is -3.08. The van der Waals surface area contributed by atoms with E-state index in [4.69, 9.17) is 10.1 Å². The van der Waals surface area contributed by atoms with Crippen LogP contribution in [0.5, 0.6) is 0 Å². The second-order valence-electron chi connectivity index (χ2n) is 7.53. The van der Waals surface area contributed by atoms with Gasteiger partial charge in [0.1, 0.15) is 0 Å². The van der Waals surface area contributed by atoms with Crippen molar-refractivity contribution >= 4 is 38.5 Å². The molecule has 162 valence electrons. The fourth-order valence-electron chi connectivity index (χ4n) is 3.62. The molecule has 0 spiro atoms. The Morgan fingerprint density at radius 2 is 1.81 bits per heavy atom. The third-order valence-corrected chi connectivity index (χ3v) is 6.27. The molecule has 1 aromatic heterocycles. The fourth-order valence-corrected chi connectivity index (χ4v) is 4.14. The summed E-state index contributed by atoms with van der Waals surface area (Å²) in [6.45, 7) is 5.45. The predicted molar refractivity (Wildman–Crippen MR) is 118 cm³/mol. The maximum Gasteiger partial charge on any atom is 0.238 e. The fraction of sp³-hybridized carbons (Fsp3) is 0.286. The molecule has 0 unspecified atom stereocenters. The van der Waals surface area contributed by atoms with Gasteiger partial charge in [0.2, 0.25) is 21.9 Å². The number of primary sulfonamides is 1. The Morgan fingerprint density at radius 1 is 1.10 bits per heavy atom. The molecule has 1 amide bonds. The topological polar surface area (TPSA) is 122 Å². The van der Waals surface area contributed by atoms with Crippen LogP contribution in [0.15, 0.2) is 53.6 Å². The molecule has 2 aromatic carbocycles. The Morgan fingerprint density at radius 3 is 2.45 bits per heavy atom. The number of piperazine rings is 1. The van der Waals surface area contributed by atoms with Crippen molar-refractivity contribution in [3.05, 3.63) is 54.2 Å². The molecule has 10 heteroatoms. The summed E-state index contributed by atoms with van der Waals surface area (Å²) in [6.07, 6.45) is 1.76. The number of fused-ring (bicyclic) bond motifs is 1. The highest BCUT2D eigenvalue weighted by Gasteiger charge is 2.19. The molecule has 0 bridgehead atoms. The molecule has 9 nitrogen and oxygen atoms in total. The first-order valence-corrected chi connectivity index (χ1v) is 11.5. The maximum absolute atomic E-state index is 11.5. The van der Waals surface area contributed by atoms with Crippen molar-refractivity contribution in [2.75, 3.05) is 31.5 Å². The maximum atomic E-state index is 11.5. The van der Waals surface area contributed by atoms with Crippen molar-refractivity contribution in [2.24, 2.45) is 5.14 Å². The number of rotatable bonds is 5. The number of nitrogens with zero attached hydrogens (tertiary/aromatic N) is 4. The van der Waals surface area contributed by atoms with Crippen LogP contribution in [0, 0.1) is 0 Å².